The van der Waals surface area contributed by atoms with Gasteiger partial charge < -0.3 is 9.32 Å². The highest BCUT2D eigenvalue weighted by molar-refractivity contribution is 5.94. The second-order valence-corrected chi connectivity index (χ2v) is 8.19. The second kappa shape index (κ2) is 8.19. The molecule has 3 aromatic rings. The lowest BCUT2D eigenvalue weighted by Crippen LogP contribution is -2.39. The van der Waals surface area contributed by atoms with Crippen LogP contribution in [0.5, 0.6) is 0 Å². The van der Waals surface area contributed by atoms with Gasteiger partial charge in [0.2, 0.25) is 11.8 Å². The molecule has 1 aliphatic carbocycles. The van der Waals surface area contributed by atoms with Crippen LogP contribution in [0.2, 0.25) is 0 Å². The first kappa shape index (κ1) is 19.4. The molecule has 1 amide bonds. The van der Waals surface area contributed by atoms with E-state index in [-0.39, 0.29) is 5.91 Å². The molecule has 1 heterocycles. The molecule has 150 valence electrons. The molecule has 0 radical (unpaired) electrons. The van der Waals surface area contributed by atoms with Gasteiger partial charge in [0.15, 0.2) is 0 Å². The topological polar surface area (TPSA) is 59.2 Å². The SMILES string of the molecule is Cc1ccc(-c2nnc(-c3ccc(C(=O)N(C)C4CCC(C)CC4)cc3)o2)cc1. The number of aromatic nitrogens is 2. The highest BCUT2D eigenvalue weighted by Gasteiger charge is 2.25. The van der Waals surface area contributed by atoms with Crippen molar-refractivity contribution in [3.63, 3.8) is 0 Å². The minimum absolute atomic E-state index is 0.0713. The maximum absolute atomic E-state index is 12.9. The minimum atomic E-state index is 0.0713. The van der Waals surface area contributed by atoms with Crippen LogP contribution in [0.3, 0.4) is 0 Å². The van der Waals surface area contributed by atoms with Gasteiger partial charge in [-0.15, -0.1) is 10.2 Å². The lowest BCUT2D eigenvalue weighted by Gasteiger charge is -2.33. The van der Waals surface area contributed by atoms with Crippen molar-refractivity contribution >= 4 is 5.91 Å². The molecule has 5 nitrogen and oxygen atoms in total. The zero-order valence-electron chi connectivity index (χ0n) is 17.3. The Morgan fingerprint density at radius 1 is 0.897 bits per heavy atom. The normalized spacial score (nSPS) is 19.1. The van der Waals surface area contributed by atoms with Crippen LogP contribution < -0.4 is 0 Å². The van der Waals surface area contributed by atoms with Crippen molar-refractivity contribution in [1.29, 1.82) is 0 Å². The lowest BCUT2D eigenvalue weighted by molar-refractivity contribution is 0.0679. The standard InChI is InChI=1S/C24H27N3O2/c1-16-4-8-18(9-5-16)22-25-26-23(29-22)19-10-12-20(13-11-19)24(28)27(3)21-14-6-17(2)7-15-21/h4-5,8-13,17,21H,6-7,14-15H2,1-3H3. The van der Waals surface area contributed by atoms with Crippen LogP contribution in [0.4, 0.5) is 0 Å². The quantitative estimate of drug-likeness (QED) is 0.602. The molecule has 4 rings (SSSR count). The highest BCUT2D eigenvalue weighted by Crippen LogP contribution is 2.28. The van der Waals surface area contributed by atoms with E-state index < -0.39 is 0 Å². The summed E-state index contributed by atoms with van der Waals surface area (Å²) in [6.45, 7) is 4.33. The van der Waals surface area contributed by atoms with Gasteiger partial charge in [-0.05, 0) is 74.9 Å². The molecule has 0 atom stereocenters. The smallest absolute Gasteiger partial charge is 0.253 e. The summed E-state index contributed by atoms with van der Waals surface area (Å²) in [6.07, 6.45) is 4.57. The van der Waals surface area contributed by atoms with E-state index in [0.29, 0.717) is 23.4 Å². The summed E-state index contributed by atoms with van der Waals surface area (Å²) < 4.78 is 5.83. The molecule has 0 bridgehead atoms. The molecular formula is C24H27N3O2. The zero-order chi connectivity index (χ0) is 20.4. The fourth-order valence-electron chi connectivity index (χ4n) is 3.91. The van der Waals surface area contributed by atoms with E-state index in [4.69, 9.17) is 4.42 Å². The van der Waals surface area contributed by atoms with Crippen molar-refractivity contribution in [3.05, 3.63) is 59.7 Å². The van der Waals surface area contributed by atoms with E-state index in [9.17, 15) is 4.79 Å². The van der Waals surface area contributed by atoms with Crippen LogP contribution in [0.1, 0.15) is 48.5 Å². The Morgan fingerprint density at radius 2 is 1.41 bits per heavy atom. The van der Waals surface area contributed by atoms with E-state index in [1.165, 1.54) is 18.4 Å². The number of rotatable bonds is 4. The Kier molecular flexibility index (Phi) is 5.47. The van der Waals surface area contributed by atoms with Gasteiger partial charge in [0, 0.05) is 29.8 Å². The van der Waals surface area contributed by atoms with E-state index in [1.54, 1.807) is 0 Å². The Balaban J connectivity index is 1.46. The molecule has 1 aliphatic rings. The predicted molar refractivity (Wildman–Crippen MR) is 113 cm³/mol. The monoisotopic (exact) mass is 389 g/mol. The second-order valence-electron chi connectivity index (χ2n) is 8.19. The number of hydrogen-bond donors (Lipinski definition) is 0. The molecular weight excluding hydrogens is 362 g/mol. The van der Waals surface area contributed by atoms with Gasteiger partial charge >= 0.3 is 0 Å². The molecule has 0 N–H and O–H groups in total. The number of benzene rings is 2. The van der Waals surface area contributed by atoms with E-state index in [0.717, 1.165) is 29.9 Å². The van der Waals surface area contributed by atoms with Crippen LogP contribution in [-0.4, -0.2) is 34.1 Å². The van der Waals surface area contributed by atoms with Crippen LogP contribution in [0.15, 0.2) is 52.9 Å². The number of carbonyl (C=O) groups is 1. The summed E-state index contributed by atoms with van der Waals surface area (Å²) in [7, 11) is 1.92. The van der Waals surface area contributed by atoms with Gasteiger partial charge in [-0.1, -0.05) is 24.6 Å². The average Bonchev–Trinajstić information content (AvgIpc) is 3.24. The van der Waals surface area contributed by atoms with Gasteiger partial charge in [-0.25, -0.2) is 0 Å². The minimum Gasteiger partial charge on any atom is -0.416 e. The van der Waals surface area contributed by atoms with E-state index in [2.05, 4.69) is 17.1 Å². The molecule has 1 saturated carbocycles. The van der Waals surface area contributed by atoms with E-state index in [1.807, 2.05) is 67.4 Å². The lowest BCUT2D eigenvalue weighted by atomic mass is 9.86. The highest BCUT2D eigenvalue weighted by atomic mass is 16.4. The Bertz CT molecular complexity index is 968. The predicted octanol–water partition coefficient (Wildman–Crippen LogP) is 5.36. The maximum Gasteiger partial charge on any atom is 0.253 e. The number of amides is 1. The van der Waals surface area contributed by atoms with Crippen molar-refractivity contribution in [1.82, 2.24) is 15.1 Å². The molecule has 2 aromatic carbocycles. The molecule has 1 fully saturated rings. The van der Waals surface area contributed by atoms with Gasteiger partial charge in [0.1, 0.15) is 0 Å². The Hall–Kier alpha value is -2.95. The van der Waals surface area contributed by atoms with Crippen molar-refractivity contribution in [3.8, 4) is 22.9 Å². The largest absolute Gasteiger partial charge is 0.416 e. The van der Waals surface area contributed by atoms with Crippen molar-refractivity contribution < 1.29 is 9.21 Å². The third kappa shape index (κ3) is 4.24. The average molecular weight is 389 g/mol. The van der Waals surface area contributed by atoms with Crippen LogP contribution in [0, 0.1) is 12.8 Å². The maximum atomic E-state index is 12.9. The third-order valence-electron chi connectivity index (χ3n) is 5.96. The van der Waals surface area contributed by atoms with Gasteiger partial charge in [-0.2, -0.15) is 0 Å². The third-order valence-corrected chi connectivity index (χ3v) is 5.96. The molecule has 0 saturated heterocycles. The summed E-state index contributed by atoms with van der Waals surface area (Å²) in [5, 5.41) is 8.32. The summed E-state index contributed by atoms with van der Waals surface area (Å²) >= 11 is 0. The first-order chi connectivity index (χ1) is 14.0. The van der Waals surface area contributed by atoms with Crippen molar-refractivity contribution in [2.24, 2.45) is 5.92 Å². The number of carbonyl (C=O) groups excluding carboxylic acids is 1. The summed E-state index contributed by atoms with van der Waals surface area (Å²) in [4.78, 5) is 14.8. The first-order valence-electron chi connectivity index (χ1n) is 10.3. The van der Waals surface area contributed by atoms with Gasteiger partial charge in [0.05, 0.1) is 0 Å². The number of nitrogens with zero attached hydrogens (tertiary/aromatic N) is 3. The molecule has 29 heavy (non-hydrogen) atoms. The molecule has 0 spiro atoms. The first-order valence-corrected chi connectivity index (χ1v) is 10.3. The Morgan fingerprint density at radius 3 is 1.97 bits per heavy atom. The van der Waals surface area contributed by atoms with Crippen LogP contribution >= 0.6 is 0 Å². The molecule has 1 aromatic heterocycles. The van der Waals surface area contributed by atoms with E-state index >= 15 is 0 Å². The van der Waals surface area contributed by atoms with Crippen molar-refractivity contribution in [2.75, 3.05) is 7.05 Å². The Labute approximate surface area is 171 Å². The summed E-state index contributed by atoms with van der Waals surface area (Å²) in [5.74, 6) is 1.79. The number of aryl methyl sites for hydroxylation is 1. The van der Waals surface area contributed by atoms with Crippen molar-refractivity contribution in [2.45, 2.75) is 45.6 Å². The summed E-state index contributed by atoms with van der Waals surface area (Å²) in [6, 6.07) is 15.7. The zero-order valence-corrected chi connectivity index (χ0v) is 17.3. The summed E-state index contributed by atoms with van der Waals surface area (Å²) in [5.41, 5.74) is 3.57. The van der Waals surface area contributed by atoms with Gasteiger partial charge in [0.25, 0.3) is 5.91 Å². The van der Waals surface area contributed by atoms with Crippen LogP contribution in [-0.2, 0) is 0 Å². The molecule has 0 aliphatic heterocycles. The fraction of sp³-hybridized carbons (Fsp3) is 0.375. The number of hydrogen-bond acceptors (Lipinski definition) is 4. The van der Waals surface area contributed by atoms with Gasteiger partial charge in [-0.3, -0.25) is 4.79 Å². The fourth-order valence-corrected chi connectivity index (χ4v) is 3.91. The van der Waals surface area contributed by atoms with Crippen LogP contribution in [0.25, 0.3) is 22.9 Å². The molecule has 5 heteroatoms. The molecule has 0 unspecified atom stereocenters.